The summed E-state index contributed by atoms with van der Waals surface area (Å²) >= 11 is 0. The van der Waals surface area contributed by atoms with E-state index in [0.717, 1.165) is 44.0 Å². The van der Waals surface area contributed by atoms with Crippen LogP contribution in [0, 0.1) is 11.8 Å². The van der Waals surface area contributed by atoms with Crippen LogP contribution in [0.2, 0.25) is 0 Å². The van der Waals surface area contributed by atoms with Crippen LogP contribution in [0.25, 0.3) is 0 Å². The first-order chi connectivity index (χ1) is 9.08. The predicted molar refractivity (Wildman–Crippen MR) is 78.6 cm³/mol. The van der Waals surface area contributed by atoms with Crippen molar-refractivity contribution in [1.29, 1.82) is 0 Å². The van der Waals surface area contributed by atoms with Gasteiger partial charge >= 0.3 is 0 Å². The van der Waals surface area contributed by atoms with Crippen molar-refractivity contribution < 1.29 is 0 Å². The molecule has 4 heteroatoms. The van der Waals surface area contributed by atoms with Gasteiger partial charge in [-0.1, -0.05) is 27.2 Å². The van der Waals surface area contributed by atoms with Crippen LogP contribution in [0.3, 0.4) is 0 Å². The van der Waals surface area contributed by atoms with Gasteiger partial charge in [0.05, 0.1) is 0 Å². The standard InChI is InChI=1S/C15H25N3O/c1-4-5-6-13-8-14(19)17-15(16-13)18-9-11(2)7-12(3)10-18/h8,11-12H,4-7,9-10H2,1-3H3,(H,16,17,19). The lowest BCUT2D eigenvalue weighted by atomic mass is 9.92. The van der Waals surface area contributed by atoms with Crippen LogP contribution in [-0.4, -0.2) is 23.1 Å². The monoisotopic (exact) mass is 263 g/mol. The largest absolute Gasteiger partial charge is 0.342 e. The summed E-state index contributed by atoms with van der Waals surface area (Å²) in [6.07, 6.45) is 4.37. The van der Waals surface area contributed by atoms with Crippen LogP contribution in [0.15, 0.2) is 10.9 Å². The number of piperidine rings is 1. The highest BCUT2D eigenvalue weighted by Crippen LogP contribution is 2.23. The number of anilines is 1. The number of unbranched alkanes of at least 4 members (excludes halogenated alkanes) is 1. The number of H-pyrrole nitrogens is 1. The number of aromatic nitrogens is 2. The first kappa shape index (κ1) is 14.1. The Morgan fingerprint density at radius 3 is 2.68 bits per heavy atom. The number of aromatic amines is 1. The van der Waals surface area contributed by atoms with Crippen LogP contribution in [-0.2, 0) is 6.42 Å². The van der Waals surface area contributed by atoms with Crippen molar-refractivity contribution in [1.82, 2.24) is 9.97 Å². The molecule has 0 saturated carbocycles. The Morgan fingerprint density at radius 2 is 2.05 bits per heavy atom. The van der Waals surface area contributed by atoms with Gasteiger partial charge in [-0.2, -0.15) is 0 Å². The molecule has 0 spiro atoms. The van der Waals surface area contributed by atoms with Crippen molar-refractivity contribution in [3.63, 3.8) is 0 Å². The third-order valence-corrected chi connectivity index (χ3v) is 3.74. The van der Waals surface area contributed by atoms with Crippen molar-refractivity contribution in [3.05, 3.63) is 22.1 Å². The van der Waals surface area contributed by atoms with E-state index < -0.39 is 0 Å². The van der Waals surface area contributed by atoms with Gasteiger partial charge < -0.3 is 4.90 Å². The zero-order valence-electron chi connectivity index (χ0n) is 12.3. The molecule has 0 radical (unpaired) electrons. The fraction of sp³-hybridized carbons (Fsp3) is 0.733. The number of nitrogens with one attached hydrogen (secondary N) is 1. The molecule has 1 aromatic rings. The summed E-state index contributed by atoms with van der Waals surface area (Å²) < 4.78 is 0. The lowest BCUT2D eigenvalue weighted by Crippen LogP contribution is -2.40. The molecule has 2 rings (SSSR count). The second-order valence-electron chi connectivity index (χ2n) is 6.01. The molecule has 1 fully saturated rings. The SMILES string of the molecule is CCCCc1cc(=O)[nH]c(N2CC(C)CC(C)C2)n1. The molecular formula is C15H25N3O. The Bertz CT molecular complexity index is 459. The summed E-state index contributed by atoms with van der Waals surface area (Å²) in [6.45, 7) is 8.67. The van der Waals surface area contributed by atoms with Gasteiger partial charge in [-0.15, -0.1) is 0 Å². The lowest BCUT2D eigenvalue weighted by Gasteiger charge is -2.35. The molecule has 0 bridgehead atoms. The topological polar surface area (TPSA) is 49.0 Å². The summed E-state index contributed by atoms with van der Waals surface area (Å²) in [5, 5.41) is 0. The minimum atomic E-state index is -0.0259. The van der Waals surface area contributed by atoms with Crippen molar-refractivity contribution in [2.24, 2.45) is 11.8 Å². The van der Waals surface area contributed by atoms with Crippen LogP contribution in [0.1, 0.15) is 45.7 Å². The molecule has 0 aliphatic carbocycles. The number of aryl methyl sites for hydroxylation is 1. The highest BCUT2D eigenvalue weighted by atomic mass is 16.1. The molecule has 106 valence electrons. The molecule has 1 aliphatic heterocycles. The molecular weight excluding hydrogens is 238 g/mol. The van der Waals surface area contributed by atoms with Gasteiger partial charge in [0, 0.05) is 24.8 Å². The van der Waals surface area contributed by atoms with Crippen LogP contribution in [0.5, 0.6) is 0 Å². The lowest BCUT2D eigenvalue weighted by molar-refractivity contribution is 0.353. The second kappa shape index (κ2) is 6.22. The first-order valence-corrected chi connectivity index (χ1v) is 7.43. The van der Waals surface area contributed by atoms with Gasteiger partial charge in [-0.3, -0.25) is 9.78 Å². The van der Waals surface area contributed by atoms with E-state index in [-0.39, 0.29) is 5.56 Å². The molecule has 0 amide bonds. The summed E-state index contributed by atoms with van der Waals surface area (Å²) in [5.41, 5.74) is 0.897. The Labute approximate surface area is 115 Å². The molecule has 2 atom stereocenters. The third kappa shape index (κ3) is 3.82. The summed E-state index contributed by atoms with van der Waals surface area (Å²) in [7, 11) is 0. The summed E-state index contributed by atoms with van der Waals surface area (Å²) in [6, 6.07) is 1.63. The highest BCUT2D eigenvalue weighted by molar-refractivity contribution is 5.31. The van der Waals surface area contributed by atoms with Gasteiger partial charge in [-0.05, 0) is 31.1 Å². The van der Waals surface area contributed by atoms with E-state index in [1.807, 2.05) is 0 Å². The number of rotatable bonds is 4. The van der Waals surface area contributed by atoms with E-state index in [2.05, 4.69) is 35.6 Å². The minimum Gasteiger partial charge on any atom is -0.342 e. The number of hydrogen-bond donors (Lipinski definition) is 1. The highest BCUT2D eigenvalue weighted by Gasteiger charge is 2.23. The zero-order chi connectivity index (χ0) is 13.8. The maximum atomic E-state index is 11.8. The van der Waals surface area contributed by atoms with Crippen molar-refractivity contribution >= 4 is 5.95 Å². The molecule has 19 heavy (non-hydrogen) atoms. The predicted octanol–water partition coefficient (Wildman–Crippen LogP) is 2.59. The minimum absolute atomic E-state index is 0.0259. The molecule has 2 heterocycles. The number of nitrogens with zero attached hydrogens (tertiary/aromatic N) is 2. The van der Waals surface area contributed by atoms with Crippen LogP contribution >= 0.6 is 0 Å². The molecule has 0 aromatic carbocycles. The van der Waals surface area contributed by atoms with E-state index >= 15 is 0 Å². The Morgan fingerprint density at radius 1 is 1.37 bits per heavy atom. The maximum Gasteiger partial charge on any atom is 0.252 e. The normalized spacial score (nSPS) is 23.6. The fourth-order valence-corrected chi connectivity index (χ4v) is 2.97. The molecule has 1 N–H and O–H groups in total. The van der Waals surface area contributed by atoms with Gasteiger partial charge in [-0.25, -0.2) is 4.98 Å². The smallest absolute Gasteiger partial charge is 0.252 e. The van der Waals surface area contributed by atoms with E-state index in [0.29, 0.717) is 11.8 Å². The van der Waals surface area contributed by atoms with Crippen LogP contribution in [0.4, 0.5) is 5.95 Å². The zero-order valence-corrected chi connectivity index (χ0v) is 12.3. The van der Waals surface area contributed by atoms with Crippen molar-refractivity contribution in [2.45, 2.75) is 46.5 Å². The molecule has 1 aromatic heterocycles. The summed E-state index contributed by atoms with van der Waals surface area (Å²) in [5.74, 6) is 2.08. The van der Waals surface area contributed by atoms with Gasteiger partial charge in [0.1, 0.15) is 0 Å². The summed E-state index contributed by atoms with van der Waals surface area (Å²) in [4.78, 5) is 21.5. The van der Waals surface area contributed by atoms with Gasteiger partial charge in [0.15, 0.2) is 0 Å². The third-order valence-electron chi connectivity index (χ3n) is 3.74. The molecule has 1 saturated heterocycles. The second-order valence-corrected chi connectivity index (χ2v) is 6.01. The first-order valence-electron chi connectivity index (χ1n) is 7.43. The average Bonchev–Trinajstić information content (AvgIpc) is 2.34. The van der Waals surface area contributed by atoms with E-state index in [1.54, 1.807) is 6.07 Å². The van der Waals surface area contributed by atoms with E-state index in [9.17, 15) is 4.79 Å². The van der Waals surface area contributed by atoms with E-state index in [1.165, 1.54) is 6.42 Å². The maximum absolute atomic E-state index is 11.8. The average molecular weight is 263 g/mol. The fourth-order valence-electron chi connectivity index (χ4n) is 2.97. The van der Waals surface area contributed by atoms with Gasteiger partial charge in [0.2, 0.25) is 5.95 Å². The van der Waals surface area contributed by atoms with E-state index in [4.69, 9.17) is 0 Å². The number of hydrogen-bond acceptors (Lipinski definition) is 3. The van der Waals surface area contributed by atoms with Crippen molar-refractivity contribution in [2.75, 3.05) is 18.0 Å². The van der Waals surface area contributed by atoms with Crippen molar-refractivity contribution in [3.8, 4) is 0 Å². The Kier molecular flexibility index (Phi) is 4.61. The van der Waals surface area contributed by atoms with Crippen LogP contribution < -0.4 is 10.5 Å². The molecule has 4 nitrogen and oxygen atoms in total. The van der Waals surface area contributed by atoms with Gasteiger partial charge in [0.25, 0.3) is 5.56 Å². The Hall–Kier alpha value is -1.32. The molecule has 1 aliphatic rings. The molecule has 2 unspecified atom stereocenters. The Balaban J connectivity index is 2.18. The quantitative estimate of drug-likeness (QED) is 0.908.